The molecule has 0 bridgehead atoms. The molecule has 23 heavy (non-hydrogen) atoms. The molecule has 1 atom stereocenters. The molecule has 1 heterocycles. The second-order valence-electron chi connectivity index (χ2n) is 4.67. The highest BCUT2D eigenvalue weighted by Gasteiger charge is 2.28. The number of rotatable bonds is 5. The summed E-state index contributed by atoms with van der Waals surface area (Å²) in [6.07, 6.45) is 0.562. The van der Waals surface area contributed by atoms with Gasteiger partial charge in [0, 0.05) is 5.56 Å². The van der Waals surface area contributed by atoms with E-state index in [2.05, 4.69) is 20.3 Å². The average Bonchev–Trinajstić information content (AvgIpc) is 2.93. The minimum atomic E-state index is -1.30. The molecule has 1 aromatic heterocycles. The van der Waals surface area contributed by atoms with Crippen molar-refractivity contribution in [1.29, 1.82) is 0 Å². The molecule has 1 amide bonds. The number of aromatic amines is 1. The van der Waals surface area contributed by atoms with Gasteiger partial charge in [-0.1, -0.05) is 36.7 Å². The number of hydrogen-bond donors (Lipinski definition) is 2. The number of H-pyrrole nitrogens is 1. The fourth-order valence-corrected chi connectivity index (χ4v) is 2.34. The lowest BCUT2D eigenvalue weighted by Crippen LogP contribution is -2.35. The molecule has 0 saturated carbocycles. The van der Waals surface area contributed by atoms with Gasteiger partial charge in [-0.25, -0.2) is 9.18 Å². The second-order valence-corrected chi connectivity index (χ2v) is 5.05. The van der Waals surface area contributed by atoms with Crippen LogP contribution in [0.3, 0.4) is 0 Å². The van der Waals surface area contributed by atoms with Crippen LogP contribution in [0.5, 0.6) is 0 Å². The first-order valence-corrected chi connectivity index (χ1v) is 7.23. The summed E-state index contributed by atoms with van der Waals surface area (Å²) in [5, 5.41) is 9.03. The van der Waals surface area contributed by atoms with Crippen molar-refractivity contribution in [2.75, 3.05) is 7.11 Å². The Hall–Kier alpha value is -2.41. The second kappa shape index (κ2) is 7.23. The van der Waals surface area contributed by atoms with Crippen LogP contribution >= 0.6 is 11.6 Å². The molecule has 0 aliphatic rings. The molecule has 1 aromatic carbocycles. The van der Waals surface area contributed by atoms with Crippen LogP contribution in [0.15, 0.2) is 24.3 Å². The average molecular weight is 340 g/mol. The van der Waals surface area contributed by atoms with Crippen molar-refractivity contribution in [3.8, 4) is 0 Å². The zero-order valence-corrected chi connectivity index (χ0v) is 13.3. The van der Waals surface area contributed by atoms with Crippen molar-refractivity contribution >= 4 is 23.5 Å². The summed E-state index contributed by atoms with van der Waals surface area (Å²) in [5.41, 5.74) is 0.529. The summed E-state index contributed by atoms with van der Waals surface area (Å²) in [4.78, 5) is 24.2. The molecule has 0 spiro atoms. The number of carbonyl (C=O) groups excluding carboxylic acids is 2. The zero-order chi connectivity index (χ0) is 17.0. The van der Waals surface area contributed by atoms with Crippen molar-refractivity contribution in [3.05, 3.63) is 52.1 Å². The number of carbonyl (C=O) groups is 2. The van der Waals surface area contributed by atoms with Crippen LogP contribution < -0.4 is 5.32 Å². The van der Waals surface area contributed by atoms with E-state index in [1.165, 1.54) is 18.2 Å². The molecule has 0 radical (unpaired) electrons. The number of nitrogens with zero attached hydrogens (tertiary/aromatic N) is 1. The topological polar surface area (TPSA) is 84.1 Å². The smallest absolute Gasteiger partial charge is 0.333 e. The first kappa shape index (κ1) is 17.0. The number of halogens is 2. The summed E-state index contributed by atoms with van der Waals surface area (Å²) in [6, 6.07) is 4.31. The predicted octanol–water partition coefficient (Wildman–Crippen LogP) is 2.41. The van der Waals surface area contributed by atoms with E-state index in [9.17, 15) is 14.0 Å². The van der Waals surface area contributed by atoms with Gasteiger partial charge >= 0.3 is 5.97 Å². The van der Waals surface area contributed by atoms with E-state index in [-0.39, 0.29) is 16.3 Å². The van der Waals surface area contributed by atoms with Gasteiger partial charge in [0.15, 0.2) is 11.7 Å². The largest absolute Gasteiger partial charge is 0.467 e. The first-order chi connectivity index (χ1) is 11.0. The van der Waals surface area contributed by atoms with E-state index in [0.717, 1.165) is 7.11 Å². The minimum Gasteiger partial charge on any atom is -0.467 e. The lowest BCUT2D eigenvalue weighted by atomic mass is 10.1. The van der Waals surface area contributed by atoms with Crippen LogP contribution in [0.25, 0.3) is 0 Å². The quantitative estimate of drug-likeness (QED) is 0.819. The van der Waals surface area contributed by atoms with E-state index >= 15 is 0 Å². The number of ether oxygens (including phenoxy) is 1. The third-order valence-corrected chi connectivity index (χ3v) is 3.68. The van der Waals surface area contributed by atoms with Crippen LogP contribution in [-0.2, 0) is 16.0 Å². The van der Waals surface area contributed by atoms with Gasteiger partial charge in [-0.2, -0.15) is 5.10 Å². The van der Waals surface area contributed by atoms with E-state index in [1.807, 2.05) is 6.92 Å². The maximum Gasteiger partial charge on any atom is 0.333 e. The summed E-state index contributed by atoms with van der Waals surface area (Å²) >= 11 is 6.05. The molecule has 122 valence electrons. The van der Waals surface area contributed by atoms with E-state index in [1.54, 1.807) is 6.07 Å². The molecule has 0 aliphatic carbocycles. The highest BCUT2D eigenvalue weighted by molar-refractivity contribution is 6.34. The number of methoxy groups -OCH3 is 1. The normalized spacial score (nSPS) is 11.8. The number of hydrogen-bond acceptors (Lipinski definition) is 4. The number of esters is 1. The Bertz CT molecular complexity index is 733. The number of aromatic nitrogens is 2. The van der Waals surface area contributed by atoms with Crippen LogP contribution in [0.4, 0.5) is 4.39 Å². The summed E-state index contributed by atoms with van der Waals surface area (Å²) in [7, 11) is 1.15. The van der Waals surface area contributed by atoms with Crippen LogP contribution in [0.1, 0.15) is 34.7 Å². The van der Waals surface area contributed by atoms with Crippen molar-refractivity contribution in [2.24, 2.45) is 0 Å². The number of amides is 1. The highest BCUT2D eigenvalue weighted by atomic mass is 35.5. The van der Waals surface area contributed by atoms with Crippen molar-refractivity contribution < 1.29 is 18.7 Å². The molecule has 2 rings (SSSR count). The SMILES string of the molecule is CCc1[nH]nc(C(=O)N[C@@H](C(=O)OC)c2ccccc2F)c1Cl. The lowest BCUT2D eigenvalue weighted by Gasteiger charge is -2.17. The molecular formula is C15H15ClFN3O3. The Balaban J connectivity index is 2.31. The summed E-state index contributed by atoms with van der Waals surface area (Å²) in [5.74, 6) is -2.14. The lowest BCUT2D eigenvalue weighted by molar-refractivity contribution is -0.143. The number of benzene rings is 1. The molecule has 8 heteroatoms. The van der Waals surface area contributed by atoms with Gasteiger partial charge < -0.3 is 10.1 Å². The Morgan fingerprint density at radius 3 is 2.70 bits per heavy atom. The Morgan fingerprint density at radius 1 is 1.43 bits per heavy atom. The fourth-order valence-electron chi connectivity index (χ4n) is 2.04. The van der Waals surface area contributed by atoms with Crippen molar-refractivity contribution in [1.82, 2.24) is 15.5 Å². The molecular weight excluding hydrogens is 325 g/mol. The van der Waals surface area contributed by atoms with Crippen molar-refractivity contribution in [3.63, 3.8) is 0 Å². The Labute approximate surface area is 137 Å². The van der Waals surface area contributed by atoms with Crippen LogP contribution in [0.2, 0.25) is 5.02 Å². The molecule has 0 fully saturated rings. The summed E-state index contributed by atoms with van der Waals surface area (Å²) < 4.78 is 18.6. The van der Waals surface area contributed by atoms with E-state index in [4.69, 9.17) is 11.6 Å². The zero-order valence-electron chi connectivity index (χ0n) is 12.5. The minimum absolute atomic E-state index is 0.00456. The maximum atomic E-state index is 13.9. The maximum absolute atomic E-state index is 13.9. The Morgan fingerprint density at radius 2 is 2.13 bits per heavy atom. The van der Waals surface area contributed by atoms with Gasteiger partial charge in [0.2, 0.25) is 0 Å². The number of aryl methyl sites for hydroxylation is 1. The molecule has 2 aromatic rings. The summed E-state index contributed by atoms with van der Waals surface area (Å²) in [6.45, 7) is 1.84. The van der Waals surface area contributed by atoms with Crippen LogP contribution in [-0.4, -0.2) is 29.2 Å². The third kappa shape index (κ3) is 3.50. The molecule has 0 unspecified atom stereocenters. The highest BCUT2D eigenvalue weighted by Crippen LogP contribution is 2.22. The molecule has 2 N–H and O–H groups in total. The van der Waals surface area contributed by atoms with E-state index < -0.39 is 23.7 Å². The van der Waals surface area contributed by atoms with Gasteiger partial charge in [-0.05, 0) is 12.5 Å². The standard InChI is InChI=1S/C15H15ClFN3O3/c1-3-10-11(16)13(20-19-10)14(21)18-12(15(22)23-2)8-6-4-5-7-9(8)17/h4-7,12H,3H2,1-2H3,(H,18,21)(H,19,20)/t12-/m1/s1. The van der Waals surface area contributed by atoms with Crippen LogP contribution in [0, 0.1) is 5.82 Å². The first-order valence-electron chi connectivity index (χ1n) is 6.85. The van der Waals surface area contributed by atoms with Gasteiger partial charge in [0.25, 0.3) is 5.91 Å². The van der Waals surface area contributed by atoms with Gasteiger partial charge in [-0.3, -0.25) is 9.89 Å². The van der Waals surface area contributed by atoms with E-state index in [0.29, 0.717) is 12.1 Å². The van der Waals surface area contributed by atoms with Gasteiger partial charge in [0.05, 0.1) is 17.8 Å². The monoisotopic (exact) mass is 339 g/mol. The predicted molar refractivity (Wildman–Crippen MR) is 81.6 cm³/mol. The van der Waals surface area contributed by atoms with Gasteiger partial charge in [0.1, 0.15) is 5.82 Å². The molecule has 6 nitrogen and oxygen atoms in total. The fraction of sp³-hybridized carbons (Fsp3) is 0.267. The third-order valence-electron chi connectivity index (χ3n) is 3.27. The molecule has 0 aliphatic heterocycles. The van der Waals surface area contributed by atoms with Crippen molar-refractivity contribution in [2.45, 2.75) is 19.4 Å². The Kier molecular flexibility index (Phi) is 5.33. The molecule has 0 saturated heterocycles. The van der Waals surface area contributed by atoms with Gasteiger partial charge in [-0.15, -0.1) is 0 Å². The number of nitrogens with one attached hydrogen (secondary N) is 2.